The van der Waals surface area contributed by atoms with E-state index >= 15 is 0 Å². The van der Waals surface area contributed by atoms with Gasteiger partial charge in [0.05, 0.1) is 11.0 Å². The maximum Gasteiger partial charge on any atom is 0.228 e. The lowest BCUT2D eigenvalue weighted by Crippen LogP contribution is -2.04. The van der Waals surface area contributed by atoms with E-state index in [-0.39, 0.29) is 11.7 Å². The Morgan fingerprint density at radius 2 is 1.58 bits per heavy atom. The van der Waals surface area contributed by atoms with Crippen molar-refractivity contribution in [2.75, 3.05) is 0 Å². The maximum absolute atomic E-state index is 11.8. The smallest absolute Gasteiger partial charge is 0.228 e. The second-order valence-corrected chi connectivity index (χ2v) is 4.66. The van der Waals surface area contributed by atoms with Gasteiger partial charge in [0.15, 0.2) is 5.78 Å². The highest BCUT2D eigenvalue weighted by molar-refractivity contribution is 6.14. The van der Waals surface area contributed by atoms with Crippen LogP contribution >= 0.6 is 0 Å². The summed E-state index contributed by atoms with van der Waals surface area (Å²) in [6.07, 6.45) is 0. The summed E-state index contributed by atoms with van der Waals surface area (Å²) in [4.78, 5) is 23.3. The second-order valence-electron chi connectivity index (χ2n) is 4.66. The van der Waals surface area contributed by atoms with Gasteiger partial charge in [-0.05, 0) is 31.2 Å². The van der Waals surface area contributed by atoms with Crippen molar-refractivity contribution in [3.05, 3.63) is 48.0 Å². The number of benzene rings is 2. The number of carbonyl (C=O) groups excluding carboxylic acids is 2. The summed E-state index contributed by atoms with van der Waals surface area (Å²) < 4.78 is 1.69. The minimum atomic E-state index is -0.0261. The molecule has 0 bridgehead atoms. The first-order valence-corrected chi connectivity index (χ1v) is 6.14. The van der Waals surface area contributed by atoms with Gasteiger partial charge in [0, 0.05) is 23.3 Å². The molecule has 0 spiro atoms. The Balaban J connectivity index is 2.52. The summed E-state index contributed by atoms with van der Waals surface area (Å²) >= 11 is 0. The van der Waals surface area contributed by atoms with E-state index in [1.54, 1.807) is 24.5 Å². The van der Waals surface area contributed by atoms with Crippen LogP contribution in [-0.4, -0.2) is 16.3 Å². The van der Waals surface area contributed by atoms with E-state index in [0.717, 1.165) is 21.8 Å². The molecule has 3 aromatic rings. The van der Waals surface area contributed by atoms with Gasteiger partial charge in [0.25, 0.3) is 0 Å². The Kier molecular flexibility index (Phi) is 2.49. The number of hydrogen-bond acceptors (Lipinski definition) is 2. The van der Waals surface area contributed by atoms with E-state index in [9.17, 15) is 9.59 Å². The van der Waals surface area contributed by atoms with Gasteiger partial charge in [-0.25, -0.2) is 0 Å². The fraction of sp³-hybridized carbons (Fsp3) is 0.125. The van der Waals surface area contributed by atoms with E-state index in [1.807, 2.05) is 36.4 Å². The zero-order valence-electron chi connectivity index (χ0n) is 10.8. The Hall–Kier alpha value is -2.42. The molecule has 19 heavy (non-hydrogen) atoms. The third kappa shape index (κ3) is 1.66. The molecule has 3 nitrogen and oxygen atoms in total. The summed E-state index contributed by atoms with van der Waals surface area (Å²) in [5, 5.41) is 1.94. The predicted molar refractivity (Wildman–Crippen MR) is 75.7 cm³/mol. The zero-order chi connectivity index (χ0) is 13.6. The number of ketones is 1. The van der Waals surface area contributed by atoms with Crippen LogP contribution in [0.1, 0.15) is 29.0 Å². The molecule has 0 saturated carbocycles. The van der Waals surface area contributed by atoms with E-state index in [1.165, 1.54) is 0 Å². The average Bonchev–Trinajstić information content (AvgIpc) is 2.72. The highest BCUT2D eigenvalue weighted by atomic mass is 16.1. The lowest BCUT2D eigenvalue weighted by Gasteiger charge is -2.01. The van der Waals surface area contributed by atoms with Crippen LogP contribution in [0, 0.1) is 0 Å². The molecule has 0 unspecified atom stereocenters. The highest BCUT2D eigenvalue weighted by Crippen LogP contribution is 2.29. The minimum Gasteiger partial charge on any atom is -0.295 e. The van der Waals surface area contributed by atoms with Crippen molar-refractivity contribution in [2.45, 2.75) is 13.8 Å². The molecule has 0 aliphatic heterocycles. The van der Waals surface area contributed by atoms with Gasteiger partial charge >= 0.3 is 0 Å². The van der Waals surface area contributed by atoms with Crippen LogP contribution in [0.2, 0.25) is 0 Å². The van der Waals surface area contributed by atoms with E-state index in [0.29, 0.717) is 5.56 Å². The van der Waals surface area contributed by atoms with Crippen molar-refractivity contribution in [1.82, 2.24) is 4.57 Å². The normalized spacial score (nSPS) is 11.1. The van der Waals surface area contributed by atoms with Crippen molar-refractivity contribution in [3.8, 4) is 0 Å². The average molecular weight is 251 g/mol. The molecular formula is C16H13NO2. The van der Waals surface area contributed by atoms with E-state index < -0.39 is 0 Å². The first-order valence-electron chi connectivity index (χ1n) is 6.14. The zero-order valence-corrected chi connectivity index (χ0v) is 10.8. The van der Waals surface area contributed by atoms with Crippen molar-refractivity contribution < 1.29 is 9.59 Å². The number of fused-ring (bicyclic) bond motifs is 3. The van der Waals surface area contributed by atoms with Crippen molar-refractivity contribution >= 4 is 33.5 Å². The number of aromatic nitrogens is 1. The van der Waals surface area contributed by atoms with Crippen LogP contribution in [0.25, 0.3) is 21.8 Å². The first-order chi connectivity index (χ1) is 9.09. The van der Waals surface area contributed by atoms with Crippen molar-refractivity contribution in [1.29, 1.82) is 0 Å². The van der Waals surface area contributed by atoms with Gasteiger partial charge in [-0.1, -0.05) is 18.2 Å². The van der Waals surface area contributed by atoms with Crippen LogP contribution in [0.15, 0.2) is 42.5 Å². The second kappa shape index (κ2) is 4.05. The lowest BCUT2D eigenvalue weighted by atomic mass is 10.1. The largest absolute Gasteiger partial charge is 0.295 e. The van der Waals surface area contributed by atoms with Crippen LogP contribution in [-0.2, 0) is 0 Å². The van der Waals surface area contributed by atoms with Crippen LogP contribution in [0.5, 0.6) is 0 Å². The monoisotopic (exact) mass is 251 g/mol. The summed E-state index contributed by atoms with van der Waals surface area (Å²) in [6.45, 7) is 3.09. The quantitative estimate of drug-likeness (QED) is 0.619. The Morgan fingerprint density at radius 3 is 2.26 bits per heavy atom. The molecular weight excluding hydrogens is 238 g/mol. The number of rotatable bonds is 1. The van der Waals surface area contributed by atoms with Gasteiger partial charge in [-0.15, -0.1) is 0 Å². The molecule has 0 atom stereocenters. The van der Waals surface area contributed by atoms with Crippen molar-refractivity contribution in [2.24, 2.45) is 0 Å². The molecule has 0 fully saturated rings. The summed E-state index contributed by atoms with van der Waals surface area (Å²) in [5.41, 5.74) is 2.39. The molecule has 0 aliphatic rings. The van der Waals surface area contributed by atoms with Gasteiger partial charge in [-0.3, -0.25) is 14.2 Å². The van der Waals surface area contributed by atoms with E-state index in [2.05, 4.69) is 0 Å². The molecule has 1 aromatic heterocycles. The topological polar surface area (TPSA) is 39.1 Å². The van der Waals surface area contributed by atoms with Crippen molar-refractivity contribution in [3.63, 3.8) is 0 Å². The summed E-state index contributed by atoms with van der Waals surface area (Å²) in [7, 11) is 0. The minimum absolute atomic E-state index is 0.0261. The first kappa shape index (κ1) is 11.7. The molecule has 0 N–H and O–H groups in total. The Labute approximate surface area is 110 Å². The molecule has 0 aliphatic carbocycles. The molecule has 0 radical (unpaired) electrons. The van der Waals surface area contributed by atoms with E-state index in [4.69, 9.17) is 0 Å². The molecule has 0 saturated heterocycles. The number of Topliss-reactive ketones (excluding diaryl/α,β-unsaturated/α-hetero) is 1. The highest BCUT2D eigenvalue weighted by Gasteiger charge is 2.13. The Bertz CT molecular complexity index is 827. The third-order valence-electron chi connectivity index (χ3n) is 3.39. The molecule has 3 rings (SSSR count). The van der Waals surface area contributed by atoms with Crippen LogP contribution < -0.4 is 0 Å². The predicted octanol–water partition coefficient (Wildman–Crippen LogP) is 3.66. The van der Waals surface area contributed by atoms with Gasteiger partial charge < -0.3 is 0 Å². The third-order valence-corrected chi connectivity index (χ3v) is 3.39. The summed E-state index contributed by atoms with van der Waals surface area (Å²) in [5.74, 6) is 0.00308. The molecule has 94 valence electrons. The molecule has 0 amide bonds. The number of nitrogens with zero attached hydrogens (tertiary/aromatic N) is 1. The molecule has 1 heterocycles. The number of carbonyl (C=O) groups is 2. The molecule has 2 aromatic carbocycles. The van der Waals surface area contributed by atoms with Gasteiger partial charge in [-0.2, -0.15) is 0 Å². The lowest BCUT2D eigenvalue weighted by molar-refractivity contribution is 0.0945. The number of hydrogen-bond donors (Lipinski definition) is 0. The van der Waals surface area contributed by atoms with Crippen LogP contribution in [0.3, 0.4) is 0 Å². The fourth-order valence-electron chi connectivity index (χ4n) is 2.53. The van der Waals surface area contributed by atoms with Gasteiger partial charge in [0.1, 0.15) is 0 Å². The van der Waals surface area contributed by atoms with Gasteiger partial charge in [0.2, 0.25) is 5.91 Å². The SMILES string of the molecule is CC(=O)c1ccc2c(c1)c1ccccc1n2C(C)=O. The Morgan fingerprint density at radius 1 is 0.895 bits per heavy atom. The standard InChI is InChI=1S/C16H13NO2/c1-10(18)12-7-8-16-14(9-12)13-5-3-4-6-15(13)17(16)11(2)19/h3-9H,1-2H3. The summed E-state index contributed by atoms with van der Waals surface area (Å²) in [6, 6.07) is 13.2. The molecule has 3 heteroatoms. The maximum atomic E-state index is 11.8. The fourth-order valence-corrected chi connectivity index (χ4v) is 2.53. The van der Waals surface area contributed by atoms with Crippen LogP contribution in [0.4, 0.5) is 0 Å². The number of para-hydroxylation sites is 1.